The van der Waals surface area contributed by atoms with Crippen molar-refractivity contribution < 1.29 is 8.42 Å². The molecular formula is C12H18N4O2S2. The number of hydrazine groups is 1. The van der Waals surface area contributed by atoms with Crippen LogP contribution >= 0.6 is 11.3 Å². The highest BCUT2D eigenvalue weighted by molar-refractivity contribution is 7.91. The van der Waals surface area contributed by atoms with E-state index in [9.17, 15) is 8.42 Å². The van der Waals surface area contributed by atoms with Crippen molar-refractivity contribution in [1.82, 2.24) is 14.8 Å². The molecule has 2 aromatic rings. The Kier molecular flexibility index (Phi) is 3.80. The van der Waals surface area contributed by atoms with Crippen molar-refractivity contribution in [2.75, 3.05) is 11.5 Å². The quantitative estimate of drug-likeness (QED) is 0.623. The fourth-order valence-electron chi connectivity index (χ4n) is 2.80. The van der Waals surface area contributed by atoms with Gasteiger partial charge in [0.15, 0.2) is 14.8 Å². The molecule has 1 aliphatic rings. The minimum Gasteiger partial charge on any atom is -0.297 e. The lowest BCUT2D eigenvalue weighted by atomic mass is 9.97. The van der Waals surface area contributed by atoms with Crippen molar-refractivity contribution >= 4 is 26.1 Å². The molecule has 3 rings (SSSR count). The Bertz CT molecular complexity index is 663. The van der Waals surface area contributed by atoms with E-state index in [0.29, 0.717) is 11.5 Å². The molecule has 0 saturated carbocycles. The summed E-state index contributed by atoms with van der Waals surface area (Å²) in [4.78, 5) is 5.50. The first-order chi connectivity index (χ1) is 9.55. The fraction of sp³-hybridized carbons (Fsp3) is 0.583. The molecule has 8 heteroatoms. The van der Waals surface area contributed by atoms with Gasteiger partial charge in [-0.15, -0.1) is 11.3 Å². The predicted molar refractivity (Wildman–Crippen MR) is 79.3 cm³/mol. The van der Waals surface area contributed by atoms with Crippen LogP contribution in [0.15, 0.2) is 17.8 Å². The molecule has 6 nitrogen and oxygen atoms in total. The second-order valence-corrected chi connectivity index (χ2v) is 8.50. The Morgan fingerprint density at radius 1 is 1.60 bits per heavy atom. The van der Waals surface area contributed by atoms with Crippen LogP contribution in [0.5, 0.6) is 0 Å². The third-order valence-corrected chi connectivity index (χ3v) is 6.39. The van der Waals surface area contributed by atoms with Crippen molar-refractivity contribution in [2.45, 2.75) is 25.3 Å². The summed E-state index contributed by atoms with van der Waals surface area (Å²) in [5.74, 6) is 6.43. The summed E-state index contributed by atoms with van der Waals surface area (Å²) in [5.41, 5.74) is 3.79. The second-order valence-electron chi connectivity index (χ2n) is 5.40. The topological polar surface area (TPSA) is 89.5 Å². The summed E-state index contributed by atoms with van der Waals surface area (Å²) >= 11 is 1.60. The zero-order valence-corrected chi connectivity index (χ0v) is 12.7. The van der Waals surface area contributed by atoms with E-state index in [0.717, 1.165) is 29.9 Å². The first kappa shape index (κ1) is 14.0. The number of hydrogen-bond acceptors (Lipinski definition) is 6. The van der Waals surface area contributed by atoms with Crippen molar-refractivity contribution in [3.63, 3.8) is 0 Å². The highest BCUT2D eigenvalue weighted by atomic mass is 32.2. The maximum absolute atomic E-state index is 11.5. The highest BCUT2D eigenvalue weighted by Crippen LogP contribution is 2.24. The molecule has 0 spiro atoms. The molecule has 20 heavy (non-hydrogen) atoms. The molecule has 0 aromatic carbocycles. The molecular weight excluding hydrogens is 296 g/mol. The number of thiazole rings is 1. The average Bonchev–Trinajstić information content (AvgIpc) is 3.03. The normalized spacial score (nSPS) is 23.4. The Hall–Kier alpha value is -0.960. The first-order valence-corrected chi connectivity index (χ1v) is 9.33. The van der Waals surface area contributed by atoms with E-state index in [1.165, 1.54) is 0 Å². The molecule has 1 fully saturated rings. The second kappa shape index (κ2) is 5.44. The summed E-state index contributed by atoms with van der Waals surface area (Å²) in [6, 6.07) is 0.0675. The Morgan fingerprint density at radius 3 is 3.10 bits per heavy atom. The van der Waals surface area contributed by atoms with E-state index >= 15 is 0 Å². The highest BCUT2D eigenvalue weighted by Gasteiger charge is 2.29. The van der Waals surface area contributed by atoms with E-state index < -0.39 is 9.84 Å². The van der Waals surface area contributed by atoms with Crippen LogP contribution in [0.25, 0.3) is 4.96 Å². The minimum atomic E-state index is -2.82. The van der Waals surface area contributed by atoms with Gasteiger partial charge >= 0.3 is 0 Å². The van der Waals surface area contributed by atoms with Crippen molar-refractivity contribution in [3.05, 3.63) is 23.5 Å². The molecule has 110 valence electrons. The Balaban J connectivity index is 1.63. The number of nitrogens with zero attached hydrogens (tertiary/aromatic N) is 2. The number of fused-ring (bicyclic) bond motifs is 1. The van der Waals surface area contributed by atoms with Gasteiger partial charge in [0.2, 0.25) is 0 Å². The van der Waals surface area contributed by atoms with Crippen LogP contribution in [0.2, 0.25) is 0 Å². The lowest BCUT2D eigenvalue weighted by Gasteiger charge is -2.18. The van der Waals surface area contributed by atoms with Crippen LogP contribution in [0, 0.1) is 5.92 Å². The van der Waals surface area contributed by atoms with E-state index in [-0.39, 0.29) is 12.0 Å². The van der Waals surface area contributed by atoms with E-state index in [2.05, 4.69) is 10.4 Å². The standard InChI is InChI=1S/C12H18N4O2S2/c13-15-10(5-9-1-4-20(17,18)8-9)6-11-7-16-2-3-19-12(16)14-11/h2-3,7,9-10,15H,1,4-6,8,13H2. The summed E-state index contributed by atoms with van der Waals surface area (Å²) in [6.45, 7) is 0. The van der Waals surface area contributed by atoms with Crippen molar-refractivity contribution in [2.24, 2.45) is 11.8 Å². The number of hydrogen-bond donors (Lipinski definition) is 2. The van der Waals surface area contributed by atoms with Crippen molar-refractivity contribution in [3.8, 4) is 0 Å². The Morgan fingerprint density at radius 2 is 2.45 bits per heavy atom. The van der Waals surface area contributed by atoms with Gasteiger partial charge in [0.25, 0.3) is 0 Å². The minimum absolute atomic E-state index is 0.0675. The van der Waals surface area contributed by atoms with Gasteiger partial charge in [-0.05, 0) is 18.8 Å². The SMILES string of the molecule is NNC(Cc1cn2ccsc2n1)CC1CCS(=O)(=O)C1. The summed E-state index contributed by atoms with van der Waals surface area (Å²) in [6.07, 6.45) is 6.23. The fourth-order valence-corrected chi connectivity index (χ4v) is 5.40. The van der Waals surface area contributed by atoms with Crippen LogP contribution in [-0.2, 0) is 16.3 Å². The molecule has 0 amide bonds. The average molecular weight is 314 g/mol. The van der Waals surface area contributed by atoms with Gasteiger partial charge in [-0.25, -0.2) is 13.4 Å². The molecule has 3 heterocycles. The first-order valence-electron chi connectivity index (χ1n) is 6.63. The third kappa shape index (κ3) is 3.03. The smallest absolute Gasteiger partial charge is 0.193 e. The van der Waals surface area contributed by atoms with E-state index in [1.54, 1.807) is 11.3 Å². The summed E-state index contributed by atoms with van der Waals surface area (Å²) in [7, 11) is -2.82. The lowest BCUT2D eigenvalue weighted by molar-refractivity contribution is 0.406. The molecule has 0 radical (unpaired) electrons. The summed E-state index contributed by atoms with van der Waals surface area (Å²) < 4.78 is 25.0. The molecule has 1 aliphatic heterocycles. The van der Waals surface area contributed by atoms with Gasteiger partial charge < -0.3 is 0 Å². The number of nitrogens with one attached hydrogen (secondary N) is 1. The maximum Gasteiger partial charge on any atom is 0.193 e. The molecule has 0 aliphatic carbocycles. The monoisotopic (exact) mass is 314 g/mol. The van der Waals surface area contributed by atoms with Crippen molar-refractivity contribution in [1.29, 1.82) is 0 Å². The number of imidazole rings is 1. The van der Waals surface area contributed by atoms with Crippen LogP contribution in [-0.4, -0.2) is 35.4 Å². The number of nitrogens with two attached hydrogens (primary N) is 1. The molecule has 2 atom stereocenters. The number of aromatic nitrogens is 2. The van der Waals surface area contributed by atoms with Gasteiger partial charge in [0, 0.05) is 30.2 Å². The molecule has 3 N–H and O–H groups in total. The largest absolute Gasteiger partial charge is 0.297 e. The zero-order valence-electron chi connectivity index (χ0n) is 11.0. The number of rotatable bonds is 5. The zero-order chi connectivity index (χ0) is 14.2. The van der Waals surface area contributed by atoms with Gasteiger partial charge in [-0.2, -0.15) is 0 Å². The lowest BCUT2D eigenvalue weighted by Crippen LogP contribution is -2.38. The third-order valence-electron chi connectivity index (χ3n) is 3.78. The van der Waals surface area contributed by atoms with Gasteiger partial charge in [0.05, 0.1) is 17.2 Å². The van der Waals surface area contributed by atoms with Crippen LogP contribution in [0.4, 0.5) is 0 Å². The van der Waals surface area contributed by atoms with E-state index in [1.807, 2.05) is 22.2 Å². The summed E-state index contributed by atoms with van der Waals surface area (Å²) in [5, 5.41) is 1.99. The molecule has 2 unspecified atom stereocenters. The van der Waals surface area contributed by atoms with Crippen LogP contribution < -0.4 is 11.3 Å². The van der Waals surface area contributed by atoms with Crippen LogP contribution in [0.3, 0.4) is 0 Å². The Labute approximate surface area is 121 Å². The molecule has 0 bridgehead atoms. The number of sulfone groups is 1. The molecule has 1 saturated heterocycles. The van der Waals surface area contributed by atoms with Crippen LogP contribution in [0.1, 0.15) is 18.5 Å². The van der Waals surface area contributed by atoms with Gasteiger partial charge in [0.1, 0.15) is 0 Å². The van der Waals surface area contributed by atoms with E-state index in [4.69, 9.17) is 5.84 Å². The van der Waals surface area contributed by atoms with Gasteiger partial charge in [-0.3, -0.25) is 15.7 Å². The molecule has 2 aromatic heterocycles. The predicted octanol–water partition coefficient (Wildman–Crippen LogP) is 0.595. The maximum atomic E-state index is 11.5. The van der Waals surface area contributed by atoms with Gasteiger partial charge in [-0.1, -0.05) is 0 Å².